The standard InChI is InChI=1S/C16H12ClF3N2O5/c1-26-13-5-3-10(22(24)25)7-14(13)27-8-15(23)21-12-6-9(16(18,19)20)2-4-11(12)17/h2-7H,8H2,1H3,(H,21,23). The summed E-state index contributed by atoms with van der Waals surface area (Å²) in [7, 11) is 1.30. The number of nitrogens with one attached hydrogen (secondary N) is 1. The molecule has 2 rings (SSSR count). The molecule has 0 fully saturated rings. The number of hydrogen-bond acceptors (Lipinski definition) is 5. The van der Waals surface area contributed by atoms with Crippen LogP contribution < -0.4 is 14.8 Å². The molecule has 11 heteroatoms. The van der Waals surface area contributed by atoms with Gasteiger partial charge in [-0.3, -0.25) is 14.9 Å². The fourth-order valence-corrected chi connectivity index (χ4v) is 2.18. The average Bonchev–Trinajstić information content (AvgIpc) is 2.60. The number of rotatable bonds is 6. The van der Waals surface area contributed by atoms with Crippen LogP contribution in [0.2, 0.25) is 5.02 Å². The van der Waals surface area contributed by atoms with Crippen molar-refractivity contribution in [1.82, 2.24) is 0 Å². The van der Waals surface area contributed by atoms with Crippen molar-refractivity contribution < 1.29 is 32.4 Å². The Balaban J connectivity index is 2.11. The molecule has 1 amide bonds. The maximum atomic E-state index is 12.7. The van der Waals surface area contributed by atoms with E-state index in [1.165, 1.54) is 19.2 Å². The summed E-state index contributed by atoms with van der Waals surface area (Å²) in [6.45, 7) is -0.635. The Morgan fingerprint density at radius 2 is 1.93 bits per heavy atom. The number of methoxy groups -OCH3 is 1. The molecule has 27 heavy (non-hydrogen) atoms. The molecule has 0 aromatic heterocycles. The molecule has 0 saturated carbocycles. The Kier molecular flexibility index (Phi) is 6.11. The number of carbonyl (C=O) groups excluding carboxylic acids is 1. The van der Waals surface area contributed by atoms with E-state index >= 15 is 0 Å². The van der Waals surface area contributed by atoms with Crippen LogP contribution in [0.15, 0.2) is 36.4 Å². The first-order valence-electron chi connectivity index (χ1n) is 7.23. The minimum Gasteiger partial charge on any atom is -0.493 e. The van der Waals surface area contributed by atoms with Gasteiger partial charge in [0.2, 0.25) is 0 Å². The lowest BCUT2D eigenvalue weighted by Gasteiger charge is -2.13. The Morgan fingerprint density at radius 1 is 1.22 bits per heavy atom. The first kappa shape index (κ1) is 20.3. The van der Waals surface area contributed by atoms with Gasteiger partial charge in [-0.25, -0.2) is 0 Å². The molecule has 0 aliphatic heterocycles. The summed E-state index contributed by atoms with van der Waals surface area (Å²) in [6.07, 6.45) is -4.60. The molecule has 0 bridgehead atoms. The van der Waals surface area contributed by atoms with Crippen LogP contribution in [0.3, 0.4) is 0 Å². The number of amides is 1. The highest BCUT2D eigenvalue weighted by molar-refractivity contribution is 6.33. The Bertz CT molecular complexity index is 874. The number of benzene rings is 2. The van der Waals surface area contributed by atoms with Crippen molar-refractivity contribution in [2.75, 3.05) is 19.0 Å². The zero-order valence-corrected chi connectivity index (χ0v) is 14.4. The molecular formula is C16H12ClF3N2O5. The van der Waals surface area contributed by atoms with Gasteiger partial charge in [0.05, 0.1) is 34.4 Å². The van der Waals surface area contributed by atoms with Crippen molar-refractivity contribution in [3.8, 4) is 11.5 Å². The van der Waals surface area contributed by atoms with Gasteiger partial charge in [-0.2, -0.15) is 13.2 Å². The van der Waals surface area contributed by atoms with Crippen molar-refractivity contribution in [1.29, 1.82) is 0 Å². The van der Waals surface area contributed by atoms with E-state index in [2.05, 4.69) is 5.32 Å². The van der Waals surface area contributed by atoms with Gasteiger partial charge in [0.1, 0.15) is 0 Å². The molecule has 144 valence electrons. The fraction of sp³-hybridized carbons (Fsp3) is 0.188. The Hall–Kier alpha value is -3.01. The SMILES string of the molecule is COc1ccc([N+](=O)[O-])cc1OCC(=O)Nc1cc(C(F)(F)F)ccc1Cl. The second-order valence-corrected chi connectivity index (χ2v) is 5.53. The van der Waals surface area contributed by atoms with Crippen LogP contribution in [0, 0.1) is 10.1 Å². The van der Waals surface area contributed by atoms with Gasteiger partial charge in [-0.1, -0.05) is 11.6 Å². The van der Waals surface area contributed by atoms with Gasteiger partial charge in [-0.05, 0) is 24.3 Å². The summed E-state index contributed by atoms with van der Waals surface area (Å²) in [5.41, 5.74) is -1.51. The van der Waals surface area contributed by atoms with Crippen LogP contribution in [0.4, 0.5) is 24.5 Å². The molecule has 0 spiro atoms. The summed E-state index contributed by atoms with van der Waals surface area (Å²) in [5, 5.41) is 12.9. The lowest BCUT2D eigenvalue weighted by molar-refractivity contribution is -0.385. The zero-order valence-electron chi connectivity index (χ0n) is 13.7. The summed E-state index contributed by atoms with van der Waals surface area (Å²) >= 11 is 5.79. The number of alkyl halides is 3. The first-order chi connectivity index (χ1) is 12.6. The summed E-state index contributed by atoms with van der Waals surface area (Å²) in [4.78, 5) is 22.1. The Morgan fingerprint density at radius 3 is 2.52 bits per heavy atom. The number of nitrogens with zero attached hydrogens (tertiary/aromatic N) is 1. The molecule has 0 radical (unpaired) electrons. The highest BCUT2D eigenvalue weighted by Crippen LogP contribution is 2.34. The van der Waals surface area contributed by atoms with E-state index < -0.39 is 29.2 Å². The number of ether oxygens (including phenoxy) is 2. The van der Waals surface area contributed by atoms with Crippen LogP contribution in [0.25, 0.3) is 0 Å². The van der Waals surface area contributed by atoms with Crippen molar-refractivity contribution in [2.24, 2.45) is 0 Å². The molecule has 1 N–H and O–H groups in total. The van der Waals surface area contributed by atoms with E-state index in [0.717, 1.165) is 18.2 Å². The number of non-ortho nitro benzene ring substituents is 1. The van der Waals surface area contributed by atoms with Gasteiger partial charge < -0.3 is 14.8 Å². The molecule has 0 aliphatic carbocycles. The van der Waals surface area contributed by atoms with E-state index in [1.807, 2.05) is 0 Å². The minimum atomic E-state index is -4.60. The average molecular weight is 405 g/mol. The predicted molar refractivity (Wildman–Crippen MR) is 90.2 cm³/mol. The number of anilines is 1. The molecule has 2 aromatic carbocycles. The van der Waals surface area contributed by atoms with Gasteiger partial charge in [0.25, 0.3) is 11.6 Å². The summed E-state index contributed by atoms with van der Waals surface area (Å²) in [5.74, 6) is -0.743. The van der Waals surface area contributed by atoms with Crippen molar-refractivity contribution in [3.05, 3.63) is 57.1 Å². The largest absolute Gasteiger partial charge is 0.493 e. The van der Waals surface area contributed by atoms with E-state index in [9.17, 15) is 28.1 Å². The second-order valence-electron chi connectivity index (χ2n) is 5.12. The van der Waals surface area contributed by atoms with E-state index in [1.54, 1.807) is 0 Å². The van der Waals surface area contributed by atoms with Crippen LogP contribution >= 0.6 is 11.6 Å². The maximum absolute atomic E-state index is 12.7. The third kappa shape index (κ3) is 5.23. The van der Waals surface area contributed by atoms with E-state index in [4.69, 9.17) is 21.1 Å². The smallest absolute Gasteiger partial charge is 0.416 e. The molecule has 0 aliphatic rings. The number of nitro groups is 1. The number of halogens is 4. The van der Waals surface area contributed by atoms with Crippen LogP contribution in [0.1, 0.15) is 5.56 Å². The first-order valence-corrected chi connectivity index (χ1v) is 7.61. The van der Waals surface area contributed by atoms with Crippen LogP contribution in [-0.4, -0.2) is 24.5 Å². The number of nitro benzene ring substituents is 1. The zero-order chi connectivity index (χ0) is 20.2. The molecule has 0 unspecified atom stereocenters. The number of hydrogen-bond donors (Lipinski definition) is 1. The molecule has 0 atom stereocenters. The summed E-state index contributed by atoms with van der Waals surface area (Å²) in [6, 6.07) is 6.01. The monoisotopic (exact) mass is 404 g/mol. The number of carbonyl (C=O) groups is 1. The fourth-order valence-electron chi connectivity index (χ4n) is 2.02. The highest BCUT2D eigenvalue weighted by atomic mass is 35.5. The topological polar surface area (TPSA) is 90.7 Å². The third-order valence-electron chi connectivity index (χ3n) is 3.28. The van der Waals surface area contributed by atoms with Crippen LogP contribution in [-0.2, 0) is 11.0 Å². The van der Waals surface area contributed by atoms with Gasteiger partial charge >= 0.3 is 6.18 Å². The maximum Gasteiger partial charge on any atom is 0.416 e. The van der Waals surface area contributed by atoms with Gasteiger partial charge in [0, 0.05) is 6.07 Å². The minimum absolute atomic E-state index is 0.0722. The second kappa shape index (κ2) is 8.12. The molecular weight excluding hydrogens is 393 g/mol. The van der Waals surface area contributed by atoms with Crippen LogP contribution in [0.5, 0.6) is 11.5 Å². The molecule has 0 saturated heterocycles. The van der Waals surface area contributed by atoms with Crippen molar-refractivity contribution >= 4 is 28.9 Å². The van der Waals surface area contributed by atoms with Crippen molar-refractivity contribution in [2.45, 2.75) is 6.18 Å². The highest BCUT2D eigenvalue weighted by Gasteiger charge is 2.31. The normalized spacial score (nSPS) is 11.0. The van der Waals surface area contributed by atoms with E-state index in [-0.39, 0.29) is 27.9 Å². The van der Waals surface area contributed by atoms with Gasteiger partial charge in [0.15, 0.2) is 18.1 Å². The third-order valence-corrected chi connectivity index (χ3v) is 3.61. The molecule has 0 heterocycles. The quantitative estimate of drug-likeness (QED) is 0.572. The molecule has 2 aromatic rings. The lowest BCUT2D eigenvalue weighted by Crippen LogP contribution is -2.21. The predicted octanol–water partition coefficient (Wildman–Crippen LogP) is 4.29. The molecule has 7 nitrogen and oxygen atoms in total. The van der Waals surface area contributed by atoms with Gasteiger partial charge in [-0.15, -0.1) is 0 Å². The van der Waals surface area contributed by atoms with Crippen molar-refractivity contribution in [3.63, 3.8) is 0 Å². The lowest BCUT2D eigenvalue weighted by atomic mass is 10.2. The summed E-state index contributed by atoms with van der Waals surface area (Å²) < 4.78 is 48.4. The Labute approximate surface area is 155 Å². The van der Waals surface area contributed by atoms with E-state index in [0.29, 0.717) is 6.07 Å².